The van der Waals surface area contributed by atoms with Crippen molar-refractivity contribution < 1.29 is 14.2 Å². The lowest BCUT2D eigenvalue weighted by molar-refractivity contribution is 0.303. The van der Waals surface area contributed by atoms with E-state index < -0.39 is 0 Å². The van der Waals surface area contributed by atoms with Gasteiger partial charge in [-0.15, -0.1) is 0 Å². The SMILES string of the molecule is CCc1ccc(OCCCn2c(-c3ccc(OC)c(OC)c3)nc3ccccc32)cc1. The molecule has 3 aromatic carbocycles. The Hall–Kier alpha value is -3.47. The van der Waals surface area contributed by atoms with Crippen molar-refractivity contribution in [2.75, 3.05) is 20.8 Å². The summed E-state index contributed by atoms with van der Waals surface area (Å²) in [4.78, 5) is 4.90. The van der Waals surface area contributed by atoms with E-state index in [0.717, 1.165) is 47.6 Å². The van der Waals surface area contributed by atoms with Gasteiger partial charge in [-0.05, 0) is 60.9 Å². The maximum Gasteiger partial charge on any atom is 0.161 e. The number of rotatable bonds is 9. The zero-order chi connectivity index (χ0) is 21.6. The normalized spacial score (nSPS) is 10.9. The lowest BCUT2D eigenvalue weighted by atomic mass is 10.2. The number of methoxy groups -OCH3 is 2. The summed E-state index contributed by atoms with van der Waals surface area (Å²) in [5.41, 5.74) is 4.39. The highest BCUT2D eigenvalue weighted by molar-refractivity contribution is 5.81. The van der Waals surface area contributed by atoms with Crippen LogP contribution in [-0.4, -0.2) is 30.4 Å². The molecule has 1 heterocycles. The highest BCUT2D eigenvalue weighted by Crippen LogP contribution is 2.33. The molecule has 160 valence electrons. The first-order chi connectivity index (χ1) is 15.2. The van der Waals surface area contributed by atoms with Crippen molar-refractivity contribution in [2.24, 2.45) is 0 Å². The number of fused-ring (bicyclic) bond motifs is 1. The Labute approximate surface area is 183 Å². The standard InChI is InChI=1S/C26H28N2O3/c1-4-19-10-13-21(14-11-19)31-17-7-16-28-23-9-6-5-8-22(23)27-26(28)20-12-15-24(29-2)25(18-20)30-3/h5-6,8-15,18H,4,7,16-17H2,1-3H3. The number of imidazole rings is 1. The smallest absolute Gasteiger partial charge is 0.161 e. The van der Waals surface area contributed by atoms with E-state index >= 15 is 0 Å². The molecule has 0 aliphatic carbocycles. The number of para-hydroxylation sites is 2. The molecular weight excluding hydrogens is 388 g/mol. The van der Waals surface area contributed by atoms with Gasteiger partial charge in [-0.2, -0.15) is 0 Å². The van der Waals surface area contributed by atoms with Gasteiger partial charge in [0, 0.05) is 12.1 Å². The van der Waals surface area contributed by atoms with Crippen molar-refractivity contribution in [1.82, 2.24) is 9.55 Å². The topological polar surface area (TPSA) is 45.5 Å². The van der Waals surface area contributed by atoms with Crippen LogP contribution in [0.3, 0.4) is 0 Å². The van der Waals surface area contributed by atoms with Crippen LogP contribution in [0.1, 0.15) is 18.9 Å². The van der Waals surface area contributed by atoms with Gasteiger partial charge in [0.1, 0.15) is 11.6 Å². The van der Waals surface area contributed by atoms with Crippen molar-refractivity contribution in [2.45, 2.75) is 26.3 Å². The molecule has 0 atom stereocenters. The Balaban J connectivity index is 1.55. The molecule has 1 aromatic heterocycles. The van der Waals surface area contributed by atoms with Crippen molar-refractivity contribution in [3.05, 3.63) is 72.3 Å². The quantitative estimate of drug-likeness (QED) is 0.326. The monoisotopic (exact) mass is 416 g/mol. The molecule has 0 aliphatic heterocycles. The zero-order valence-corrected chi connectivity index (χ0v) is 18.3. The van der Waals surface area contributed by atoms with Crippen molar-refractivity contribution in [1.29, 1.82) is 0 Å². The first kappa shape index (κ1) is 20.8. The van der Waals surface area contributed by atoms with Crippen molar-refractivity contribution in [3.8, 4) is 28.6 Å². The second-order valence-electron chi connectivity index (χ2n) is 7.35. The molecule has 5 heteroatoms. The van der Waals surface area contributed by atoms with Crippen molar-refractivity contribution in [3.63, 3.8) is 0 Å². The summed E-state index contributed by atoms with van der Waals surface area (Å²) in [5, 5.41) is 0. The Bertz CT molecular complexity index is 1150. The second-order valence-corrected chi connectivity index (χ2v) is 7.35. The number of hydrogen-bond donors (Lipinski definition) is 0. The molecule has 0 saturated heterocycles. The molecule has 4 rings (SSSR count). The number of nitrogens with zero attached hydrogens (tertiary/aromatic N) is 2. The van der Waals surface area contributed by atoms with E-state index in [0.29, 0.717) is 18.1 Å². The molecule has 0 amide bonds. The molecule has 0 spiro atoms. The minimum absolute atomic E-state index is 0.642. The number of aryl methyl sites for hydroxylation is 2. The first-order valence-corrected chi connectivity index (χ1v) is 10.6. The van der Waals surface area contributed by atoms with Crippen LogP contribution >= 0.6 is 0 Å². The number of hydrogen-bond acceptors (Lipinski definition) is 4. The lowest BCUT2D eigenvalue weighted by Crippen LogP contribution is -2.06. The fourth-order valence-corrected chi connectivity index (χ4v) is 3.73. The van der Waals surface area contributed by atoms with Crippen LogP contribution < -0.4 is 14.2 Å². The molecule has 0 unspecified atom stereocenters. The molecule has 4 aromatic rings. The van der Waals surface area contributed by atoms with E-state index in [4.69, 9.17) is 19.2 Å². The van der Waals surface area contributed by atoms with E-state index in [1.807, 2.05) is 48.5 Å². The third-order valence-corrected chi connectivity index (χ3v) is 5.42. The third-order valence-electron chi connectivity index (χ3n) is 5.42. The third kappa shape index (κ3) is 4.50. The van der Waals surface area contributed by atoms with Gasteiger partial charge in [0.25, 0.3) is 0 Å². The minimum atomic E-state index is 0.642. The maximum absolute atomic E-state index is 5.96. The fraction of sp³-hybridized carbons (Fsp3) is 0.269. The summed E-state index contributed by atoms with van der Waals surface area (Å²) in [6, 6.07) is 22.4. The predicted molar refractivity (Wildman–Crippen MR) is 124 cm³/mol. The Morgan fingerprint density at radius 2 is 1.65 bits per heavy atom. The van der Waals surface area contributed by atoms with Crippen LogP contribution in [-0.2, 0) is 13.0 Å². The summed E-state index contributed by atoms with van der Waals surface area (Å²) in [6.07, 6.45) is 1.91. The lowest BCUT2D eigenvalue weighted by Gasteiger charge is -2.13. The Morgan fingerprint density at radius 1 is 0.871 bits per heavy atom. The summed E-state index contributed by atoms with van der Waals surface area (Å²) < 4.78 is 19.1. The summed E-state index contributed by atoms with van der Waals surface area (Å²) >= 11 is 0. The largest absolute Gasteiger partial charge is 0.494 e. The highest BCUT2D eigenvalue weighted by Gasteiger charge is 2.14. The molecule has 5 nitrogen and oxygen atoms in total. The molecule has 0 aliphatic rings. The maximum atomic E-state index is 5.96. The summed E-state index contributed by atoms with van der Waals surface area (Å²) in [6.45, 7) is 3.60. The van der Waals surface area contributed by atoms with Crippen LogP contribution in [0.25, 0.3) is 22.4 Å². The van der Waals surface area contributed by atoms with E-state index in [-0.39, 0.29) is 0 Å². The van der Waals surface area contributed by atoms with Gasteiger partial charge in [-0.1, -0.05) is 31.2 Å². The highest BCUT2D eigenvalue weighted by atomic mass is 16.5. The van der Waals surface area contributed by atoms with Gasteiger partial charge in [-0.25, -0.2) is 4.98 Å². The van der Waals surface area contributed by atoms with Crippen LogP contribution in [0.2, 0.25) is 0 Å². The summed E-state index contributed by atoms with van der Waals surface area (Å²) in [5.74, 6) is 3.22. The van der Waals surface area contributed by atoms with Gasteiger partial charge in [0.05, 0.1) is 31.9 Å². The first-order valence-electron chi connectivity index (χ1n) is 10.6. The van der Waals surface area contributed by atoms with Gasteiger partial charge in [0.15, 0.2) is 11.5 Å². The number of aromatic nitrogens is 2. The fourth-order valence-electron chi connectivity index (χ4n) is 3.73. The molecule has 0 bridgehead atoms. The van der Waals surface area contributed by atoms with E-state index in [9.17, 15) is 0 Å². The van der Waals surface area contributed by atoms with Gasteiger partial charge < -0.3 is 18.8 Å². The molecule has 31 heavy (non-hydrogen) atoms. The molecule has 0 radical (unpaired) electrons. The predicted octanol–water partition coefficient (Wildman–Crippen LogP) is 5.75. The Kier molecular flexibility index (Phi) is 6.41. The van der Waals surface area contributed by atoms with Crippen LogP contribution in [0.4, 0.5) is 0 Å². The van der Waals surface area contributed by atoms with Crippen molar-refractivity contribution >= 4 is 11.0 Å². The molecule has 0 N–H and O–H groups in total. The molecule has 0 fully saturated rings. The molecular formula is C26H28N2O3. The van der Waals surface area contributed by atoms with E-state index in [2.05, 4.69) is 29.7 Å². The van der Waals surface area contributed by atoms with E-state index in [1.165, 1.54) is 5.56 Å². The second kappa shape index (κ2) is 9.56. The van der Waals surface area contributed by atoms with Gasteiger partial charge in [-0.3, -0.25) is 0 Å². The van der Waals surface area contributed by atoms with Crippen LogP contribution in [0.15, 0.2) is 66.7 Å². The average molecular weight is 417 g/mol. The molecule has 0 saturated carbocycles. The number of benzene rings is 3. The van der Waals surface area contributed by atoms with E-state index in [1.54, 1.807) is 14.2 Å². The van der Waals surface area contributed by atoms with Gasteiger partial charge in [0.2, 0.25) is 0 Å². The summed E-state index contributed by atoms with van der Waals surface area (Å²) in [7, 11) is 3.29. The number of ether oxygens (including phenoxy) is 3. The van der Waals surface area contributed by atoms with Crippen LogP contribution in [0.5, 0.6) is 17.2 Å². The van der Waals surface area contributed by atoms with Gasteiger partial charge >= 0.3 is 0 Å². The van der Waals surface area contributed by atoms with Crippen LogP contribution in [0, 0.1) is 0 Å². The minimum Gasteiger partial charge on any atom is -0.494 e. The average Bonchev–Trinajstić information content (AvgIpc) is 3.20. The Morgan fingerprint density at radius 3 is 2.39 bits per heavy atom. The zero-order valence-electron chi connectivity index (χ0n) is 18.3.